The van der Waals surface area contributed by atoms with E-state index in [1.807, 2.05) is 18.2 Å². The van der Waals surface area contributed by atoms with Crippen molar-refractivity contribution < 1.29 is 18.7 Å². The van der Waals surface area contributed by atoms with Crippen LogP contribution >= 0.6 is 0 Å². The highest BCUT2D eigenvalue weighted by molar-refractivity contribution is 6.06. The Morgan fingerprint density at radius 3 is 2.74 bits per heavy atom. The monoisotopic (exact) mass is 461 g/mol. The first kappa shape index (κ1) is 21.7. The Kier molecular flexibility index (Phi) is 5.33. The molecule has 2 aromatic carbocycles. The van der Waals surface area contributed by atoms with Gasteiger partial charge in [-0.05, 0) is 43.0 Å². The molecule has 3 heterocycles. The predicted octanol–water partition coefficient (Wildman–Crippen LogP) is 4.44. The first-order chi connectivity index (χ1) is 16.4. The molecule has 1 unspecified atom stereocenters. The molecule has 0 fully saturated rings. The number of amides is 1. The van der Waals surface area contributed by atoms with Gasteiger partial charge in [-0.25, -0.2) is 13.5 Å². The molecule has 0 saturated carbocycles. The number of nitrogens with one attached hydrogen (secondary N) is 2. The third-order valence-corrected chi connectivity index (χ3v) is 5.93. The van der Waals surface area contributed by atoms with Crippen LogP contribution in [-0.4, -0.2) is 25.8 Å². The summed E-state index contributed by atoms with van der Waals surface area (Å²) in [5.74, 6) is -2.06. The Bertz CT molecular complexity index is 1480. The fourth-order valence-corrected chi connectivity index (χ4v) is 4.21. The van der Waals surface area contributed by atoms with E-state index >= 15 is 4.39 Å². The molecule has 1 atom stereocenters. The lowest BCUT2D eigenvalue weighted by Gasteiger charge is -2.30. The molecule has 9 heteroatoms. The number of pyridine rings is 1. The number of halogens is 2. The van der Waals surface area contributed by atoms with E-state index in [2.05, 4.69) is 20.7 Å². The van der Waals surface area contributed by atoms with Crippen LogP contribution in [0.15, 0.2) is 66.1 Å². The number of fused-ring (bicyclic) bond motifs is 2. The summed E-state index contributed by atoms with van der Waals surface area (Å²) >= 11 is 0. The van der Waals surface area contributed by atoms with E-state index in [-0.39, 0.29) is 23.3 Å². The standard InChI is InChI=1S/C25H21F2N5O2/c1-13-3-6-19(23(27)22(13)26)24-21(14(2)29-20-10-18(12-33)31-32(20)24)25(34)30-17-5-4-16-11-28-8-7-15(16)9-17/h3-11,24,29,33H,12H2,1-2H3,(H,30,34). The molecule has 7 nitrogen and oxygen atoms in total. The van der Waals surface area contributed by atoms with Crippen LogP contribution in [0.2, 0.25) is 0 Å². The second-order valence-corrected chi connectivity index (χ2v) is 8.18. The van der Waals surface area contributed by atoms with Gasteiger partial charge in [-0.2, -0.15) is 5.10 Å². The summed E-state index contributed by atoms with van der Waals surface area (Å²) in [4.78, 5) is 17.6. The van der Waals surface area contributed by atoms with E-state index in [9.17, 15) is 14.3 Å². The van der Waals surface area contributed by atoms with Gasteiger partial charge in [-0.15, -0.1) is 0 Å². The van der Waals surface area contributed by atoms with Crippen molar-refractivity contribution in [3.8, 4) is 0 Å². The Labute approximate surface area is 193 Å². The second kappa shape index (κ2) is 8.35. The summed E-state index contributed by atoms with van der Waals surface area (Å²) in [6.45, 7) is 2.81. The van der Waals surface area contributed by atoms with Crippen molar-refractivity contribution in [3.63, 3.8) is 0 Å². The van der Waals surface area contributed by atoms with Gasteiger partial charge < -0.3 is 15.7 Å². The van der Waals surface area contributed by atoms with Crippen molar-refractivity contribution in [2.75, 3.05) is 10.6 Å². The number of rotatable bonds is 4. The van der Waals surface area contributed by atoms with E-state index in [4.69, 9.17) is 0 Å². The number of hydrogen-bond donors (Lipinski definition) is 3. The largest absolute Gasteiger partial charge is 0.390 e. The normalized spacial score (nSPS) is 15.3. The molecule has 5 rings (SSSR count). The number of hydrogen-bond acceptors (Lipinski definition) is 5. The van der Waals surface area contributed by atoms with Crippen molar-refractivity contribution in [2.45, 2.75) is 26.5 Å². The van der Waals surface area contributed by atoms with Gasteiger partial charge in [-0.1, -0.05) is 18.2 Å². The smallest absolute Gasteiger partial charge is 0.255 e. The summed E-state index contributed by atoms with van der Waals surface area (Å²) in [5, 5.41) is 21.7. The summed E-state index contributed by atoms with van der Waals surface area (Å²) in [7, 11) is 0. The fourth-order valence-electron chi connectivity index (χ4n) is 4.21. The van der Waals surface area contributed by atoms with Gasteiger partial charge in [0.05, 0.1) is 17.9 Å². The number of allylic oxidation sites excluding steroid dienone is 1. The van der Waals surface area contributed by atoms with E-state index in [0.29, 0.717) is 22.9 Å². The van der Waals surface area contributed by atoms with Crippen LogP contribution in [-0.2, 0) is 11.4 Å². The molecule has 1 aliphatic heterocycles. The number of carbonyl (C=O) groups is 1. The third-order valence-electron chi connectivity index (χ3n) is 5.93. The molecule has 0 spiro atoms. The number of anilines is 2. The van der Waals surface area contributed by atoms with Gasteiger partial charge >= 0.3 is 0 Å². The molecule has 2 aromatic heterocycles. The van der Waals surface area contributed by atoms with Gasteiger partial charge in [0.25, 0.3) is 5.91 Å². The van der Waals surface area contributed by atoms with E-state index in [1.54, 1.807) is 31.5 Å². The topological polar surface area (TPSA) is 92.1 Å². The highest BCUT2D eigenvalue weighted by atomic mass is 19.2. The van der Waals surface area contributed by atoms with E-state index < -0.39 is 23.6 Å². The Morgan fingerprint density at radius 2 is 1.94 bits per heavy atom. The lowest BCUT2D eigenvalue weighted by Crippen LogP contribution is -2.32. The van der Waals surface area contributed by atoms with Gasteiger partial charge in [0, 0.05) is 40.8 Å². The second-order valence-electron chi connectivity index (χ2n) is 8.18. The minimum atomic E-state index is -1.05. The first-order valence-corrected chi connectivity index (χ1v) is 10.6. The van der Waals surface area contributed by atoms with Crippen LogP contribution in [0.5, 0.6) is 0 Å². The molecular weight excluding hydrogens is 440 g/mol. The molecule has 4 aromatic rings. The van der Waals surface area contributed by atoms with Crippen LogP contribution in [0.3, 0.4) is 0 Å². The van der Waals surface area contributed by atoms with Crippen molar-refractivity contribution in [1.82, 2.24) is 14.8 Å². The molecule has 1 amide bonds. The van der Waals surface area contributed by atoms with Crippen LogP contribution in [0.25, 0.3) is 10.8 Å². The minimum absolute atomic E-state index is 0.0347. The third kappa shape index (κ3) is 3.60. The zero-order valence-electron chi connectivity index (χ0n) is 18.4. The maximum Gasteiger partial charge on any atom is 0.255 e. The average molecular weight is 461 g/mol. The molecule has 3 N–H and O–H groups in total. The molecular formula is C25H21F2N5O2. The number of aryl methyl sites for hydroxylation is 1. The summed E-state index contributed by atoms with van der Waals surface area (Å²) in [6.07, 6.45) is 3.38. The first-order valence-electron chi connectivity index (χ1n) is 10.6. The summed E-state index contributed by atoms with van der Waals surface area (Å²) < 4.78 is 31.1. The number of aliphatic hydroxyl groups excluding tert-OH is 1. The number of benzene rings is 2. The van der Waals surface area contributed by atoms with E-state index in [1.165, 1.54) is 23.7 Å². The summed E-state index contributed by atoms with van der Waals surface area (Å²) in [6, 6.07) is 10.7. The maximum atomic E-state index is 15.1. The fraction of sp³-hybridized carbons (Fsp3) is 0.160. The number of nitrogens with zero attached hydrogens (tertiary/aromatic N) is 3. The predicted molar refractivity (Wildman–Crippen MR) is 124 cm³/mol. The van der Waals surface area contributed by atoms with Gasteiger partial charge in [0.15, 0.2) is 11.6 Å². The van der Waals surface area contributed by atoms with Crippen LogP contribution in [0.1, 0.15) is 29.8 Å². The number of aromatic nitrogens is 3. The van der Waals surface area contributed by atoms with Crippen LogP contribution in [0, 0.1) is 18.6 Å². The SMILES string of the molecule is CC1=C(C(=O)Nc2ccc3cnccc3c2)C(c2ccc(C)c(F)c2F)n2nc(CO)cc2N1. The Morgan fingerprint density at radius 1 is 1.12 bits per heavy atom. The molecule has 0 aliphatic carbocycles. The minimum Gasteiger partial charge on any atom is -0.390 e. The lowest BCUT2D eigenvalue weighted by molar-refractivity contribution is -0.113. The van der Waals surface area contributed by atoms with Crippen molar-refractivity contribution in [1.29, 1.82) is 0 Å². The molecule has 172 valence electrons. The number of aliphatic hydroxyl groups is 1. The summed E-state index contributed by atoms with van der Waals surface area (Å²) in [5.41, 5.74) is 1.64. The van der Waals surface area contributed by atoms with Gasteiger partial charge in [-0.3, -0.25) is 9.78 Å². The number of carbonyl (C=O) groups excluding carboxylic acids is 1. The molecule has 34 heavy (non-hydrogen) atoms. The Hall–Kier alpha value is -4.11. The Balaban J connectivity index is 1.60. The van der Waals surface area contributed by atoms with Crippen molar-refractivity contribution in [2.24, 2.45) is 0 Å². The molecule has 1 aliphatic rings. The zero-order valence-corrected chi connectivity index (χ0v) is 18.4. The highest BCUT2D eigenvalue weighted by Crippen LogP contribution is 2.38. The van der Waals surface area contributed by atoms with Gasteiger partial charge in [0.2, 0.25) is 0 Å². The van der Waals surface area contributed by atoms with Crippen LogP contribution < -0.4 is 10.6 Å². The van der Waals surface area contributed by atoms with Gasteiger partial charge in [0.1, 0.15) is 11.9 Å². The van der Waals surface area contributed by atoms with E-state index in [0.717, 1.165) is 10.8 Å². The van der Waals surface area contributed by atoms with Crippen molar-refractivity contribution in [3.05, 3.63) is 94.6 Å². The zero-order chi connectivity index (χ0) is 24.0. The average Bonchev–Trinajstić information content (AvgIpc) is 3.24. The quantitative estimate of drug-likeness (QED) is 0.418. The maximum absolute atomic E-state index is 15.1. The highest BCUT2D eigenvalue weighted by Gasteiger charge is 2.36. The molecule has 0 bridgehead atoms. The van der Waals surface area contributed by atoms with Crippen molar-refractivity contribution >= 4 is 28.2 Å². The molecule has 0 saturated heterocycles. The molecule has 0 radical (unpaired) electrons. The van der Waals surface area contributed by atoms with Crippen LogP contribution in [0.4, 0.5) is 20.3 Å². The lowest BCUT2D eigenvalue weighted by atomic mass is 9.93.